The molecule has 1 saturated heterocycles. The SMILES string of the molecule is COc1ccc(NC(=O)N2CCN(c3ccc(OC)cc3OC)CC2)c(C)c1. The Kier molecular flexibility index (Phi) is 6.13. The molecule has 0 radical (unpaired) electrons. The average molecular weight is 385 g/mol. The molecule has 0 unspecified atom stereocenters. The Hall–Kier alpha value is -3.09. The van der Waals surface area contributed by atoms with Crippen LogP contribution in [-0.4, -0.2) is 58.4 Å². The minimum absolute atomic E-state index is 0.0883. The molecule has 3 rings (SSSR count). The van der Waals surface area contributed by atoms with E-state index in [-0.39, 0.29) is 6.03 Å². The number of piperazine rings is 1. The largest absolute Gasteiger partial charge is 0.497 e. The minimum Gasteiger partial charge on any atom is -0.497 e. The van der Waals surface area contributed by atoms with Gasteiger partial charge in [0, 0.05) is 37.9 Å². The van der Waals surface area contributed by atoms with Crippen molar-refractivity contribution in [3.63, 3.8) is 0 Å². The highest BCUT2D eigenvalue weighted by molar-refractivity contribution is 5.90. The molecule has 0 aliphatic carbocycles. The van der Waals surface area contributed by atoms with Gasteiger partial charge in [0.1, 0.15) is 17.2 Å². The average Bonchev–Trinajstić information content (AvgIpc) is 2.74. The highest BCUT2D eigenvalue weighted by Gasteiger charge is 2.23. The van der Waals surface area contributed by atoms with Crippen molar-refractivity contribution >= 4 is 17.4 Å². The minimum atomic E-state index is -0.0883. The van der Waals surface area contributed by atoms with E-state index in [2.05, 4.69) is 10.2 Å². The van der Waals surface area contributed by atoms with Crippen LogP contribution in [0, 0.1) is 6.92 Å². The standard InChI is InChI=1S/C21H27N3O4/c1-15-13-16(26-2)5-7-18(15)22-21(25)24-11-9-23(10-12-24)19-8-6-17(27-3)14-20(19)28-4/h5-8,13-14H,9-12H2,1-4H3,(H,22,25). The van der Waals surface area contributed by atoms with Crippen LogP contribution >= 0.6 is 0 Å². The van der Waals surface area contributed by atoms with Gasteiger partial charge in [-0.3, -0.25) is 0 Å². The first-order valence-electron chi connectivity index (χ1n) is 9.23. The molecule has 1 aliphatic rings. The van der Waals surface area contributed by atoms with E-state index in [1.54, 1.807) is 21.3 Å². The van der Waals surface area contributed by atoms with Gasteiger partial charge in [-0.1, -0.05) is 0 Å². The van der Waals surface area contributed by atoms with Crippen molar-refractivity contribution in [3.05, 3.63) is 42.0 Å². The maximum absolute atomic E-state index is 12.6. The van der Waals surface area contributed by atoms with Gasteiger partial charge in [0.05, 0.1) is 27.0 Å². The zero-order chi connectivity index (χ0) is 20.1. The first kappa shape index (κ1) is 19.7. The van der Waals surface area contributed by atoms with Crippen LogP contribution in [0.15, 0.2) is 36.4 Å². The predicted molar refractivity (Wildman–Crippen MR) is 110 cm³/mol. The number of hydrogen-bond acceptors (Lipinski definition) is 5. The molecule has 0 atom stereocenters. The maximum atomic E-state index is 12.6. The van der Waals surface area contributed by atoms with Gasteiger partial charge < -0.3 is 29.3 Å². The smallest absolute Gasteiger partial charge is 0.321 e. The third-order valence-corrected chi connectivity index (χ3v) is 4.97. The van der Waals surface area contributed by atoms with Crippen molar-refractivity contribution in [2.75, 3.05) is 57.7 Å². The summed E-state index contributed by atoms with van der Waals surface area (Å²) in [5, 5.41) is 3.00. The van der Waals surface area contributed by atoms with Crippen LogP contribution in [0.2, 0.25) is 0 Å². The Morgan fingerprint density at radius 3 is 2.14 bits per heavy atom. The number of benzene rings is 2. The fourth-order valence-corrected chi connectivity index (χ4v) is 3.29. The van der Waals surface area contributed by atoms with Crippen molar-refractivity contribution in [2.24, 2.45) is 0 Å². The molecule has 1 heterocycles. The monoisotopic (exact) mass is 385 g/mol. The number of nitrogens with zero attached hydrogens (tertiary/aromatic N) is 2. The van der Waals surface area contributed by atoms with Crippen LogP contribution in [0.5, 0.6) is 17.2 Å². The Labute approximate surface area is 165 Å². The molecule has 0 aromatic heterocycles. The van der Waals surface area contributed by atoms with Gasteiger partial charge in [-0.05, 0) is 42.8 Å². The van der Waals surface area contributed by atoms with Crippen LogP contribution in [0.1, 0.15) is 5.56 Å². The summed E-state index contributed by atoms with van der Waals surface area (Å²) in [4.78, 5) is 16.7. The van der Waals surface area contributed by atoms with E-state index in [9.17, 15) is 4.79 Å². The molecule has 2 amide bonds. The van der Waals surface area contributed by atoms with E-state index in [1.165, 1.54) is 0 Å². The third kappa shape index (κ3) is 4.24. The molecule has 0 bridgehead atoms. The fourth-order valence-electron chi connectivity index (χ4n) is 3.29. The molecule has 7 nitrogen and oxygen atoms in total. The maximum Gasteiger partial charge on any atom is 0.321 e. The Morgan fingerprint density at radius 1 is 0.893 bits per heavy atom. The van der Waals surface area contributed by atoms with Gasteiger partial charge in [-0.25, -0.2) is 4.79 Å². The second kappa shape index (κ2) is 8.73. The fraction of sp³-hybridized carbons (Fsp3) is 0.381. The summed E-state index contributed by atoms with van der Waals surface area (Å²) in [5.74, 6) is 2.30. The second-order valence-electron chi connectivity index (χ2n) is 6.62. The van der Waals surface area contributed by atoms with Crippen molar-refractivity contribution in [2.45, 2.75) is 6.92 Å². The quantitative estimate of drug-likeness (QED) is 0.855. The number of nitrogens with one attached hydrogen (secondary N) is 1. The number of hydrogen-bond donors (Lipinski definition) is 1. The van der Waals surface area contributed by atoms with Crippen LogP contribution in [0.4, 0.5) is 16.2 Å². The van der Waals surface area contributed by atoms with Crippen molar-refractivity contribution in [1.82, 2.24) is 4.90 Å². The van der Waals surface area contributed by atoms with Gasteiger partial charge in [0.25, 0.3) is 0 Å². The zero-order valence-corrected chi connectivity index (χ0v) is 16.8. The number of anilines is 2. The van der Waals surface area contributed by atoms with Crippen molar-refractivity contribution < 1.29 is 19.0 Å². The molecule has 0 saturated carbocycles. The van der Waals surface area contributed by atoms with Gasteiger partial charge >= 0.3 is 6.03 Å². The molecule has 150 valence electrons. The van der Waals surface area contributed by atoms with Crippen LogP contribution in [0.25, 0.3) is 0 Å². The highest BCUT2D eigenvalue weighted by Crippen LogP contribution is 2.32. The van der Waals surface area contributed by atoms with E-state index < -0.39 is 0 Å². The lowest BCUT2D eigenvalue weighted by Crippen LogP contribution is -2.50. The molecule has 2 aromatic carbocycles. The van der Waals surface area contributed by atoms with E-state index in [4.69, 9.17) is 14.2 Å². The second-order valence-corrected chi connectivity index (χ2v) is 6.62. The van der Waals surface area contributed by atoms with Crippen LogP contribution in [0.3, 0.4) is 0 Å². The Bertz CT molecular complexity index is 832. The highest BCUT2D eigenvalue weighted by atomic mass is 16.5. The van der Waals surface area contributed by atoms with Gasteiger partial charge in [0.2, 0.25) is 0 Å². The summed E-state index contributed by atoms with van der Waals surface area (Å²) in [6, 6.07) is 11.3. The summed E-state index contributed by atoms with van der Waals surface area (Å²) < 4.78 is 16.0. The summed E-state index contributed by atoms with van der Waals surface area (Å²) in [6.07, 6.45) is 0. The van der Waals surface area contributed by atoms with E-state index >= 15 is 0 Å². The number of carbonyl (C=O) groups is 1. The van der Waals surface area contributed by atoms with Gasteiger partial charge in [0.15, 0.2) is 0 Å². The topological polar surface area (TPSA) is 63.3 Å². The lowest BCUT2D eigenvalue weighted by atomic mass is 10.2. The molecule has 0 spiro atoms. The summed E-state index contributed by atoms with van der Waals surface area (Å²) in [5.41, 5.74) is 2.77. The zero-order valence-electron chi connectivity index (χ0n) is 16.8. The van der Waals surface area contributed by atoms with Crippen molar-refractivity contribution in [1.29, 1.82) is 0 Å². The Balaban J connectivity index is 1.61. The molecule has 7 heteroatoms. The number of methoxy groups -OCH3 is 3. The molecule has 1 aliphatic heterocycles. The number of urea groups is 1. The van der Waals surface area contributed by atoms with E-state index in [0.29, 0.717) is 13.1 Å². The summed E-state index contributed by atoms with van der Waals surface area (Å²) in [6.45, 7) is 4.69. The molecular weight excluding hydrogens is 358 g/mol. The van der Waals surface area contributed by atoms with E-state index in [0.717, 1.165) is 47.3 Å². The number of rotatable bonds is 5. The number of carbonyl (C=O) groups excluding carboxylic acids is 1. The van der Waals surface area contributed by atoms with E-state index in [1.807, 2.05) is 48.2 Å². The molecule has 1 N–H and O–H groups in total. The molecule has 28 heavy (non-hydrogen) atoms. The number of aryl methyl sites for hydroxylation is 1. The summed E-state index contributed by atoms with van der Waals surface area (Å²) in [7, 11) is 4.92. The first-order chi connectivity index (χ1) is 13.5. The van der Waals surface area contributed by atoms with Crippen LogP contribution < -0.4 is 24.4 Å². The third-order valence-electron chi connectivity index (χ3n) is 4.97. The van der Waals surface area contributed by atoms with Crippen molar-refractivity contribution in [3.8, 4) is 17.2 Å². The predicted octanol–water partition coefficient (Wildman–Crippen LogP) is 3.37. The van der Waals surface area contributed by atoms with Gasteiger partial charge in [-0.15, -0.1) is 0 Å². The first-order valence-corrected chi connectivity index (χ1v) is 9.23. The molecule has 1 fully saturated rings. The number of amides is 2. The lowest BCUT2D eigenvalue weighted by molar-refractivity contribution is 0.208. The number of ether oxygens (including phenoxy) is 3. The van der Waals surface area contributed by atoms with Crippen LogP contribution in [-0.2, 0) is 0 Å². The van der Waals surface area contributed by atoms with Gasteiger partial charge in [-0.2, -0.15) is 0 Å². The normalized spacial score (nSPS) is 13.9. The summed E-state index contributed by atoms with van der Waals surface area (Å²) >= 11 is 0. The Morgan fingerprint density at radius 2 is 1.54 bits per heavy atom. The lowest BCUT2D eigenvalue weighted by Gasteiger charge is -2.36. The molecule has 2 aromatic rings. The molecular formula is C21H27N3O4.